The molecular formula is C16H19FN4O3S. The van der Waals surface area contributed by atoms with Gasteiger partial charge >= 0.3 is 0 Å². The summed E-state index contributed by atoms with van der Waals surface area (Å²) in [5, 5.41) is 0. The number of rotatable bonds is 5. The van der Waals surface area contributed by atoms with E-state index in [9.17, 15) is 17.6 Å². The van der Waals surface area contributed by atoms with E-state index >= 15 is 0 Å². The molecule has 2 aromatic rings. The van der Waals surface area contributed by atoms with Crippen LogP contribution in [-0.2, 0) is 27.8 Å². The maximum Gasteiger partial charge on any atom is 0.227 e. The molecule has 3 rings (SSSR count). The molecule has 0 spiro atoms. The van der Waals surface area contributed by atoms with Crippen LogP contribution < -0.4 is 4.72 Å². The van der Waals surface area contributed by atoms with Gasteiger partial charge in [0.05, 0.1) is 37.3 Å². The SMILES string of the molecule is CS(=O)(=O)NC[C@H]1CN(C(=O)Cc2ccc(F)cc2)Cc2cncn21. The van der Waals surface area contributed by atoms with Gasteiger partial charge in [0.25, 0.3) is 0 Å². The maximum atomic E-state index is 13.0. The van der Waals surface area contributed by atoms with Gasteiger partial charge in [-0.05, 0) is 17.7 Å². The molecule has 1 N–H and O–H groups in total. The summed E-state index contributed by atoms with van der Waals surface area (Å²) in [4.78, 5) is 18.4. The smallest absolute Gasteiger partial charge is 0.227 e. The Hall–Kier alpha value is -2.26. The number of aromatic nitrogens is 2. The van der Waals surface area contributed by atoms with Crippen LogP contribution in [0.3, 0.4) is 0 Å². The zero-order chi connectivity index (χ0) is 18.0. The third-order valence-corrected chi connectivity index (χ3v) is 4.82. The first kappa shape index (κ1) is 17.6. The molecule has 1 aromatic heterocycles. The molecular weight excluding hydrogens is 347 g/mol. The van der Waals surface area contributed by atoms with Gasteiger partial charge in [0.2, 0.25) is 15.9 Å². The van der Waals surface area contributed by atoms with E-state index in [1.807, 2.05) is 4.57 Å². The lowest BCUT2D eigenvalue weighted by Gasteiger charge is -2.34. The molecule has 1 aliphatic rings. The van der Waals surface area contributed by atoms with Crippen LogP contribution >= 0.6 is 0 Å². The molecule has 0 unspecified atom stereocenters. The molecule has 9 heteroatoms. The largest absolute Gasteiger partial charge is 0.334 e. The molecule has 7 nitrogen and oxygen atoms in total. The van der Waals surface area contributed by atoms with Gasteiger partial charge in [0.1, 0.15) is 5.82 Å². The zero-order valence-electron chi connectivity index (χ0n) is 13.7. The molecule has 1 amide bonds. The summed E-state index contributed by atoms with van der Waals surface area (Å²) in [5.74, 6) is -0.437. The number of fused-ring (bicyclic) bond motifs is 1. The van der Waals surface area contributed by atoms with Crippen LogP contribution in [0, 0.1) is 5.82 Å². The molecule has 2 heterocycles. The lowest BCUT2D eigenvalue weighted by Crippen LogP contribution is -2.45. The summed E-state index contributed by atoms with van der Waals surface area (Å²) in [5.41, 5.74) is 1.58. The molecule has 25 heavy (non-hydrogen) atoms. The average Bonchev–Trinajstić information content (AvgIpc) is 3.02. The predicted molar refractivity (Wildman–Crippen MR) is 89.6 cm³/mol. The van der Waals surface area contributed by atoms with Crippen molar-refractivity contribution in [3.8, 4) is 0 Å². The van der Waals surface area contributed by atoms with Crippen LogP contribution in [0.4, 0.5) is 4.39 Å². The van der Waals surface area contributed by atoms with Gasteiger partial charge in [-0.15, -0.1) is 0 Å². The van der Waals surface area contributed by atoms with Gasteiger partial charge in [-0.1, -0.05) is 12.1 Å². The first-order chi connectivity index (χ1) is 11.8. The molecule has 0 radical (unpaired) electrons. The van der Waals surface area contributed by atoms with Crippen molar-refractivity contribution < 1.29 is 17.6 Å². The number of nitrogens with zero attached hydrogens (tertiary/aromatic N) is 3. The second-order valence-electron chi connectivity index (χ2n) is 6.14. The van der Waals surface area contributed by atoms with Crippen LogP contribution in [0.1, 0.15) is 17.3 Å². The van der Waals surface area contributed by atoms with Crippen molar-refractivity contribution in [2.75, 3.05) is 19.3 Å². The number of sulfonamides is 1. The van der Waals surface area contributed by atoms with Crippen LogP contribution in [0.25, 0.3) is 0 Å². The minimum atomic E-state index is -3.32. The zero-order valence-corrected chi connectivity index (χ0v) is 14.5. The Balaban J connectivity index is 1.72. The number of hydrogen-bond acceptors (Lipinski definition) is 4. The van der Waals surface area contributed by atoms with Crippen LogP contribution in [0.2, 0.25) is 0 Å². The van der Waals surface area contributed by atoms with Gasteiger partial charge in [-0.25, -0.2) is 22.5 Å². The second kappa shape index (κ2) is 6.93. The Morgan fingerprint density at radius 1 is 1.36 bits per heavy atom. The van der Waals surface area contributed by atoms with Gasteiger partial charge in [-0.3, -0.25) is 4.79 Å². The Morgan fingerprint density at radius 2 is 2.08 bits per heavy atom. The quantitative estimate of drug-likeness (QED) is 0.844. The molecule has 1 aromatic carbocycles. The van der Waals surface area contributed by atoms with E-state index < -0.39 is 10.0 Å². The number of nitrogens with one attached hydrogen (secondary N) is 1. The molecule has 1 atom stereocenters. The van der Waals surface area contributed by atoms with E-state index in [0.717, 1.165) is 17.5 Å². The third-order valence-electron chi connectivity index (χ3n) is 4.13. The normalized spacial score (nSPS) is 17.4. The van der Waals surface area contributed by atoms with E-state index in [0.29, 0.717) is 13.1 Å². The summed E-state index contributed by atoms with van der Waals surface area (Å²) < 4.78 is 40.1. The standard InChI is InChI=1S/C16H19FN4O3S/c1-25(23,24)19-8-15-10-20(9-14-7-18-11-21(14)15)16(22)6-12-2-4-13(17)5-3-12/h2-5,7,11,15,19H,6,8-10H2,1H3/t15-/m0/s1. The van der Waals surface area contributed by atoms with Crippen LogP contribution in [0.15, 0.2) is 36.8 Å². The molecule has 134 valence electrons. The third kappa shape index (κ3) is 4.43. The second-order valence-corrected chi connectivity index (χ2v) is 7.98. The summed E-state index contributed by atoms with van der Waals surface area (Å²) in [7, 11) is -3.32. The van der Waals surface area contributed by atoms with E-state index in [-0.39, 0.29) is 30.7 Å². The number of carbonyl (C=O) groups excluding carboxylic acids is 1. The molecule has 0 aliphatic carbocycles. The number of amides is 1. The Bertz CT molecular complexity index is 864. The van der Waals surface area contributed by atoms with Gasteiger partial charge < -0.3 is 9.47 Å². The predicted octanol–water partition coefficient (Wildman–Crippen LogP) is 0.697. The molecule has 0 bridgehead atoms. The van der Waals surface area contributed by atoms with Gasteiger partial charge in [0, 0.05) is 19.3 Å². The monoisotopic (exact) mass is 366 g/mol. The van der Waals surface area contributed by atoms with Crippen molar-refractivity contribution >= 4 is 15.9 Å². The fourth-order valence-corrected chi connectivity index (χ4v) is 3.37. The number of benzene rings is 1. The molecule has 1 aliphatic heterocycles. The van der Waals surface area contributed by atoms with E-state index in [4.69, 9.17) is 0 Å². The lowest BCUT2D eigenvalue weighted by molar-refractivity contribution is -0.132. The summed E-state index contributed by atoms with van der Waals surface area (Å²) in [6, 6.07) is 5.60. The number of hydrogen-bond donors (Lipinski definition) is 1. The van der Waals surface area contributed by atoms with Crippen LogP contribution in [0.5, 0.6) is 0 Å². The van der Waals surface area contributed by atoms with Gasteiger partial charge in [0.15, 0.2) is 0 Å². The summed E-state index contributed by atoms with van der Waals surface area (Å²) in [6.07, 6.45) is 4.58. The molecule has 0 saturated carbocycles. The highest BCUT2D eigenvalue weighted by molar-refractivity contribution is 7.88. The number of halogens is 1. The fraction of sp³-hybridized carbons (Fsp3) is 0.375. The molecule has 0 saturated heterocycles. The van der Waals surface area contributed by atoms with E-state index in [1.165, 1.54) is 12.1 Å². The topological polar surface area (TPSA) is 84.3 Å². The first-order valence-corrected chi connectivity index (χ1v) is 9.68. The van der Waals surface area contributed by atoms with Crippen molar-refractivity contribution in [2.24, 2.45) is 0 Å². The van der Waals surface area contributed by atoms with Crippen molar-refractivity contribution in [3.63, 3.8) is 0 Å². The number of imidazole rings is 1. The van der Waals surface area contributed by atoms with Crippen molar-refractivity contribution in [3.05, 3.63) is 53.9 Å². The van der Waals surface area contributed by atoms with Crippen molar-refractivity contribution in [2.45, 2.75) is 19.0 Å². The van der Waals surface area contributed by atoms with Gasteiger partial charge in [-0.2, -0.15) is 0 Å². The Kier molecular flexibility index (Phi) is 4.87. The van der Waals surface area contributed by atoms with Crippen molar-refractivity contribution in [1.29, 1.82) is 0 Å². The number of carbonyl (C=O) groups is 1. The maximum absolute atomic E-state index is 13.0. The highest BCUT2D eigenvalue weighted by atomic mass is 32.2. The first-order valence-electron chi connectivity index (χ1n) is 7.79. The lowest BCUT2D eigenvalue weighted by atomic mass is 10.1. The highest BCUT2D eigenvalue weighted by Crippen LogP contribution is 2.21. The fourth-order valence-electron chi connectivity index (χ4n) is 2.87. The summed E-state index contributed by atoms with van der Waals surface area (Å²) >= 11 is 0. The van der Waals surface area contributed by atoms with E-state index in [1.54, 1.807) is 29.6 Å². The van der Waals surface area contributed by atoms with Crippen LogP contribution in [-0.4, -0.2) is 48.1 Å². The Morgan fingerprint density at radius 3 is 2.76 bits per heavy atom. The van der Waals surface area contributed by atoms with E-state index in [2.05, 4.69) is 9.71 Å². The summed E-state index contributed by atoms with van der Waals surface area (Å²) in [6.45, 7) is 0.976. The minimum Gasteiger partial charge on any atom is -0.334 e. The minimum absolute atomic E-state index is 0.0941. The highest BCUT2D eigenvalue weighted by Gasteiger charge is 2.28. The van der Waals surface area contributed by atoms with Crippen molar-refractivity contribution in [1.82, 2.24) is 19.2 Å². The average molecular weight is 366 g/mol. The Labute approximate surface area is 145 Å². The molecule has 0 fully saturated rings.